The largest absolute Gasteiger partial charge is 0.506 e. The lowest BCUT2D eigenvalue weighted by Gasteiger charge is -1.99. The molecule has 0 unspecified atom stereocenters. The molecule has 0 aliphatic rings. The number of benzene rings is 1. The van der Waals surface area contributed by atoms with Crippen LogP contribution in [-0.2, 0) is 0 Å². The number of halogens is 3. The van der Waals surface area contributed by atoms with Gasteiger partial charge in [0.15, 0.2) is 0 Å². The van der Waals surface area contributed by atoms with E-state index < -0.39 is 0 Å². The van der Waals surface area contributed by atoms with Crippen molar-refractivity contribution in [3.05, 3.63) is 26.7 Å². The molecule has 0 fully saturated rings. The molecule has 0 radical (unpaired) electrons. The maximum atomic E-state index is 9.00. The van der Waals surface area contributed by atoms with Crippen LogP contribution in [0.5, 0.6) is 5.75 Å². The summed E-state index contributed by atoms with van der Waals surface area (Å²) in [5, 5.41) is 9.74. The fraction of sp³-hybridized carbons (Fsp3) is 0. The Hall–Kier alpha value is 0.0800. The first kappa shape index (κ1) is 8.18. The molecule has 1 aromatic carbocycles. The van der Waals surface area contributed by atoms with Crippen molar-refractivity contribution >= 4 is 39.1 Å². The SMILES string of the molecule is Oc1ccc(Cl)c(Br)c1Cl. The highest BCUT2D eigenvalue weighted by molar-refractivity contribution is 9.10. The van der Waals surface area contributed by atoms with Crippen molar-refractivity contribution in [2.24, 2.45) is 0 Å². The molecule has 10 heavy (non-hydrogen) atoms. The van der Waals surface area contributed by atoms with E-state index >= 15 is 0 Å². The second-order valence-corrected chi connectivity index (χ2v) is 3.27. The van der Waals surface area contributed by atoms with Crippen LogP contribution in [0.25, 0.3) is 0 Å². The average Bonchev–Trinajstić information content (AvgIpc) is 1.93. The van der Waals surface area contributed by atoms with E-state index in [0.717, 1.165) is 0 Å². The van der Waals surface area contributed by atoms with Crippen molar-refractivity contribution in [3.63, 3.8) is 0 Å². The van der Waals surface area contributed by atoms with Crippen molar-refractivity contribution < 1.29 is 5.11 Å². The minimum atomic E-state index is 0.0259. The summed E-state index contributed by atoms with van der Waals surface area (Å²) in [4.78, 5) is 0. The summed E-state index contributed by atoms with van der Waals surface area (Å²) in [6, 6.07) is 3.00. The van der Waals surface area contributed by atoms with E-state index in [2.05, 4.69) is 15.9 Å². The average molecular weight is 242 g/mol. The summed E-state index contributed by atoms with van der Waals surface area (Å²) in [5.41, 5.74) is 0. The predicted molar refractivity (Wildman–Crippen MR) is 45.8 cm³/mol. The van der Waals surface area contributed by atoms with Crippen LogP contribution >= 0.6 is 39.1 Å². The molecular weight excluding hydrogens is 239 g/mol. The Kier molecular flexibility index (Phi) is 2.45. The highest BCUT2D eigenvalue weighted by Crippen LogP contribution is 2.36. The Morgan fingerprint density at radius 1 is 1.30 bits per heavy atom. The molecular formula is C6H3BrCl2O. The van der Waals surface area contributed by atoms with Gasteiger partial charge in [0.2, 0.25) is 0 Å². The molecule has 54 valence electrons. The fourth-order valence-corrected chi connectivity index (χ4v) is 1.22. The van der Waals surface area contributed by atoms with Gasteiger partial charge in [-0.1, -0.05) is 23.2 Å². The number of phenols is 1. The molecule has 0 heterocycles. The first-order valence-corrected chi connectivity index (χ1v) is 4.00. The van der Waals surface area contributed by atoms with Crippen LogP contribution in [-0.4, -0.2) is 5.11 Å². The first-order chi connectivity index (χ1) is 4.63. The summed E-state index contributed by atoms with van der Waals surface area (Å²) in [7, 11) is 0. The van der Waals surface area contributed by atoms with E-state index in [4.69, 9.17) is 28.3 Å². The number of hydrogen-bond donors (Lipinski definition) is 1. The summed E-state index contributed by atoms with van der Waals surface area (Å²) in [6.45, 7) is 0. The molecule has 0 saturated heterocycles. The van der Waals surface area contributed by atoms with Crippen LogP contribution in [0.2, 0.25) is 10.0 Å². The molecule has 0 aliphatic carbocycles. The normalized spacial score (nSPS) is 9.90. The van der Waals surface area contributed by atoms with Gasteiger partial charge in [-0.15, -0.1) is 0 Å². The molecule has 0 amide bonds. The highest BCUT2D eigenvalue weighted by Gasteiger charge is 2.05. The Labute approximate surface area is 76.7 Å². The molecule has 1 nitrogen and oxygen atoms in total. The molecule has 4 heteroatoms. The molecule has 1 rings (SSSR count). The van der Waals surface area contributed by atoms with Gasteiger partial charge in [-0.2, -0.15) is 0 Å². The Balaban J connectivity index is 3.34. The van der Waals surface area contributed by atoms with Gasteiger partial charge in [0.1, 0.15) is 5.75 Å². The molecule has 0 bridgehead atoms. The second-order valence-electron chi connectivity index (χ2n) is 1.69. The van der Waals surface area contributed by atoms with Crippen molar-refractivity contribution in [1.82, 2.24) is 0 Å². The second kappa shape index (κ2) is 2.99. The van der Waals surface area contributed by atoms with Crippen molar-refractivity contribution in [1.29, 1.82) is 0 Å². The molecule has 1 aromatic rings. The Morgan fingerprint density at radius 2 is 1.90 bits per heavy atom. The molecule has 0 atom stereocenters. The third kappa shape index (κ3) is 1.39. The van der Waals surface area contributed by atoms with Crippen molar-refractivity contribution in [3.8, 4) is 5.75 Å². The maximum Gasteiger partial charge on any atom is 0.135 e. The molecule has 0 aromatic heterocycles. The van der Waals surface area contributed by atoms with Crippen LogP contribution in [0, 0.1) is 0 Å². The van der Waals surface area contributed by atoms with Gasteiger partial charge in [-0.05, 0) is 28.1 Å². The standard InChI is InChI=1S/C6H3BrCl2O/c7-5-3(8)1-2-4(10)6(5)9/h1-2,10H. The van der Waals surface area contributed by atoms with Gasteiger partial charge in [-0.25, -0.2) is 0 Å². The zero-order valence-corrected chi connectivity index (χ0v) is 7.83. The van der Waals surface area contributed by atoms with Crippen LogP contribution < -0.4 is 0 Å². The monoisotopic (exact) mass is 240 g/mol. The zero-order chi connectivity index (χ0) is 7.72. The number of aromatic hydroxyl groups is 1. The lowest BCUT2D eigenvalue weighted by Crippen LogP contribution is -1.72. The van der Waals surface area contributed by atoms with Gasteiger partial charge >= 0.3 is 0 Å². The van der Waals surface area contributed by atoms with Gasteiger partial charge in [0.25, 0.3) is 0 Å². The molecule has 0 aliphatic heterocycles. The Morgan fingerprint density at radius 3 is 2.40 bits per heavy atom. The highest BCUT2D eigenvalue weighted by atomic mass is 79.9. The lowest BCUT2D eigenvalue weighted by atomic mass is 10.3. The van der Waals surface area contributed by atoms with Gasteiger partial charge in [0, 0.05) is 0 Å². The summed E-state index contributed by atoms with van der Waals surface area (Å²) in [6.07, 6.45) is 0. The predicted octanol–water partition coefficient (Wildman–Crippen LogP) is 3.46. The molecule has 0 spiro atoms. The fourth-order valence-electron chi connectivity index (χ4n) is 0.516. The summed E-state index contributed by atoms with van der Waals surface area (Å²) < 4.78 is 0.524. The number of hydrogen-bond acceptors (Lipinski definition) is 1. The molecule has 0 saturated carbocycles. The van der Waals surface area contributed by atoms with Gasteiger partial charge < -0.3 is 5.11 Å². The smallest absolute Gasteiger partial charge is 0.135 e. The summed E-state index contributed by atoms with van der Waals surface area (Å²) in [5.74, 6) is 0.0259. The Bertz CT molecular complexity index is 235. The topological polar surface area (TPSA) is 20.2 Å². The quantitative estimate of drug-likeness (QED) is 0.690. The van der Waals surface area contributed by atoms with Crippen LogP contribution in [0.3, 0.4) is 0 Å². The number of rotatable bonds is 0. The van der Waals surface area contributed by atoms with Gasteiger partial charge in [-0.3, -0.25) is 0 Å². The minimum absolute atomic E-state index is 0.0259. The zero-order valence-electron chi connectivity index (χ0n) is 4.74. The minimum Gasteiger partial charge on any atom is -0.506 e. The van der Waals surface area contributed by atoms with E-state index in [9.17, 15) is 0 Å². The number of phenolic OH excluding ortho intramolecular Hbond substituents is 1. The van der Waals surface area contributed by atoms with Gasteiger partial charge in [0.05, 0.1) is 14.5 Å². The lowest BCUT2D eigenvalue weighted by molar-refractivity contribution is 0.475. The summed E-state index contributed by atoms with van der Waals surface area (Å²) >= 11 is 14.4. The van der Waals surface area contributed by atoms with E-state index in [1.807, 2.05) is 0 Å². The third-order valence-corrected chi connectivity index (χ3v) is 2.99. The van der Waals surface area contributed by atoms with E-state index in [0.29, 0.717) is 9.50 Å². The van der Waals surface area contributed by atoms with E-state index in [-0.39, 0.29) is 10.8 Å². The van der Waals surface area contributed by atoms with Crippen LogP contribution in [0.4, 0.5) is 0 Å². The molecule has 1 N–H and O–H groups in total. The third-order valence-electron chi connectivity index (χ3n) is 1.01. The van der Waals surface area contributed by atoms with Crippen LogP contribution in [0.15, 0.2) is 16.6 Å². The van der Waals surface area contributed by atoms with E-state index in [1.165, 1.54) is 6.07 Å². The van der Waals surface area contributed by atoms with Crippen LogP contribution in [0.1, 0.15) is 0 Å². The van der Waals surface area contributed by atoms with E-state index in [1.54, 1.807) is 6.07 Å². The maximum absolute atomic E-state index is 9.00. The van der Waals surface area contributed by atoms with Crippen molar-refractivity contribution in [2.45, 2.75) is 0 Å². The first-order valence-electron chi connectivity index (χ1n) is 2.45. The van der Waals surface area contributed by atoms with Crippen molar-refractivity contribution in [2.75, 3.05) is 0 Å².